The molecular weight excluding hydrogens is 234 g/mol. The van der Waals surface area contributed by atoms with Gasteiger partial charge < -0.3 is 9.15 Å². The van der Waals surface area contributed by atoms with Crippen molar-refractivity contribution >= 4 is 16.0 Å². The van der Waals surface area contributed by atoms with Gasteiger partial charge in [-0.25, -0.2) is 13.2 Å². The third-order valence-electron chi connectivity index (χ3n) is 2.38. The summed E-state index contributed by atoms with van der Waals surface area (Å²) in [5, 5.41) is -0.215. The summed E-state index contributed by atoms with van der Waals surface area (Å²) in [6.07, 6.45) is 0.851. The smallest absolute Gasteiger partial charge is 0.374 e. The summed E-state index contributed by atoms with van der Waals surface area (Å²) >= 11 is 0. The summed E-state index contributed by atoms with van der Waals surface area (Å²) in [5.74, 6) is -0.799. The van der Waals surface area contributed by atoms with E-state index in [0.717, 1.165) is 6.42 Å². The van der Waals surface area contributed by atoms with Gasteiger partial charge in [0.1, 0.15) is 0 Å². The maximum absolute atomic E-state index is 11.8. The average Bonchev–Trinajstić information content (AvgIpc) is 2.62. The number of hydrogen-bond acceptors (Lipinski definition) is 5. The molecule has 0 unspecified atom stereocenters. The van der Waals surface area contributed by atoms with Gasteiger partial charge in [0.2, 0.25) is 10.9 Å². The third kappa shape index (κ3) is 1.72. The number of nitrogens with zero attached hydrogens (tertiary/aromatic N) is 1. The predicted molar refractivity (Wildman–Crippen MR) is 53.4 cm³/mol. The second kappa shape index (κ2) is 3.91. The van der Waals surface area contributed by atoms with Crippen molar-refractivity contribution in [3.63, 3.8) is 0 Å². The number of rotatable bonds is 3. The van der Waals surface area contributed by atoms with Crippen LogP contribution < -0.4 is 0 Å². The minimum Gasteiger partial charge on any atom is -0.463 e. The van der Waals surface area contributed by atoms with E-state index in [0.29, 0.717) is 13.1 Å². The molecule has 1 saturated heterocycles. The van der Waals surface area contributed by atoms with Gasteiger partial charge in [-0.15, -0.1) is 0 Å². The molecule has 1 fully saturated rings. The molecule has 0 saturated carbocycles. The van der Waals surface area contributed by atoms with E-state index in [-0.39, 0.29) is 10.9 Å². The lowest BCUT2D eigenvalue weighted by Crippen LogP contribution is -2.41. The Labute approximate surface area is 92.8 Å². The van der Waals surface area contributed by atoms with Crippen LogP contribution in [-0.4, -0.2) is 38.9 Å². The molecule has 2 rings (SSSR count). The molecule has 0 spiro atoms. The molecule has 1 aliphatic rings. The van der Waals surface area contributed by atoms with Crippen LogP contribution in [0.25, 0.3) is 0 Å². The molecule has 1 aromatic rings. The molecule has 6 nitrogen and oxygen atoms in total. The van der Waals surface area contributed by atoms with Crippen molar-refractivity contribution in [1.82, 2.24) is 4.31 Å². The van der Waals surface area contributed by atoms with Crippen LogP contribution in [0.1, 0.15) is 17.0 Å². The Balaban J connectivity index is 2.27. The summed E-state index contributed by atoms with van der Waals surface area (Å²) in [6, 6.07) is 2.55. The Hall–Kier alpha value is -1.34. The van der Waals surface area contributed by atoms with Crippen LogP contribution in [0.5, 0.6) is 0 Å². The van der Waals surface area contributed by atoms with Gasteiger partial charge in [-0.3, -0.25) is 0 Å². The summed E-state index contributed by atoms with van der Waals surface area (Å²) in [5.41, 5.74) is 0. The maximum Gasteiger partial charge on any atom is 0.374 e. The second-order valence-corrected chi connectivity index (χ2v) is 5.24. The first-order valence-electron chi connectivity index (χ1n) is 4.74. The van der Waals surface area contributed by atoms with Crippen molar-refractivity contribution in [2.24, 2.45) is 0 Å². The lowest BCUT2D eigenvalue weighted by Gasteiger charge is -2.28. The standard InChI is InChI=1S/C9H11NO5S/c1-14-9(11)7-3-4-8(15-7)16(12,13)10-5-2-6-10/h3-4H,2,5-6H2,1H3. The lowest BCUT2D eigenvalue weighted by atomic mass is 10.3. The number of hydrogen-bond donors (Lipinski definition) is 0. The fourth-order valence-electron chi connectivity index (χ4n) is 1.32. The van der Waals surface area contributed by atoms with E-state index in [1.165, 1.54) is 23.5 Å². The second-order valence-electron chi connectivity index (χ2n) is 3.37. The molecule has 16 heavy (non-hydrogen) atoms. The molecule has 0 radical (unpaired) electrons. The quantitative estimate of drug-likeness (QED) is 0.723. The van der Waals surface area contributed by atoms with Gasteiger partial charge in [0.05, 0.1) is 7.11 Å². The Morgan fingerprint density at radius 2 is 2.12 bits per heavy atom. The Kier molecular flexibility index (Phi) is 2.73. The zero-order valence-electron chi connectivity index (χ0n) is 8.67. The van der Waals surface area contributed by atoms with Crippen molar-refractivity contribution in [2.75, 3.05) is 20.2 Å². The van der Waals surface area contributed by atoms with E-state index in [9.17, 15) is 13.2 Å². The molecule has 0 amide bonds. The van der Waals surface area contributed by atoms with Gasteiger partial charge in [0.25, 0.3) is 10.0 Å². The number of methoxy groups -OCH3 is 1. The molecule has 0 atom stereocenters. The van der Waals surface area contributed by atoms with Crippen LogP contribution in [0.3, 0.4) is 0 Å². The molecule has 88 valence electrons. The first-order chi connectivity index (χ1) is 7.55. The highest BCUT2D eigenvalue weighted by Crippen LogP contribution is 2.23. The molecular formula is C9H11NO5S. The van der Waals surface area contributed by atoms with E-state index in [1.807, 2.05) is 0 Å². The third-order valence-corrected chi connectivity index (χ3v) is 4.15. The van der Waals surface area contributed by atoms with Gasteiger partial charge in [-0.05, 0) is 18.6 Å². The average molecular weight is 245 g/mol. The highest BCUT2D eigenvalue weighted by atomic mass is 32.2. The van der Waals surface area contributed by atoms with Crippen molar-refractivity contribution < 1.29 is 22.4 Å². The van der Waals surface area contributed by atoms with Crippen LogP contribution in [0, 0.1) is 0 Å². The summed E-state index contributed by atoms with van der Waals surface area (Å²) < 4.78 is 34.3. The van der Waals surface area contributed by atoms with E-state index in [2.05, 4.69) is 4.74 Å². The monoisotopic (exact) mass is 245 g/mol. The largest absolute Gasteiger partial charge is 0.463 e. The molecule has 0 bridgehead atoms. The Bertz CT molecular complexity index is 500. The van der Waals surface area contributed by atoms with Crippen LogP contribution in [0.15, 0.2) is 21.6 Å². The van der Waals surface area contributed by atoms with Crippen molar-refractivity contribution in [3.8, 4) is 0 Å². The number of carbonyl (C=O) groups excluding carboxylic acids is 1. The molecule has 1 aliphatic heterocycles. The predicted octanol–water partition coefficient (Wildman–Crippen LogP) is 0.461. The molecule has 0 aromatic carbocycles. The number of sulfonamides is 1. The van der Waals surface area contributed by atoms with E-state index >= 15 is 0 Å². The summed E-state index contributed by atoms with van der Waals surface area (Å²) in [7, 11) is -2.36. The van der Waals surface area contributed by atoms with Gasteiger partial charge in [-0.2, -0.15) is 4.31 Å². The number of esters is 1. The van der Waals surface area contributed by atoms with Crippen molar-refractivity contribution in [1.29, 1.82) is 0 Å². The molecule has 2 heterocycles. The normalized spacial score (nSPS) is 16.8. The summed E-state index contributed by atoms with van der Waals surface area (Å²) in [4.78, 5) is 11.1. The van der Waals surface area contributed by atoms with Gasteiger partial charge in [0, 0.05) is 13.1 Å². The fraction of sp³-hybridized carbons (Fsp3) is 0.444. The number of furan rings is 1. The zero-order chi connectivity index (χ0) is 11.8. The Morgan fingerprint density at radius 1 is 1.44 bits per heavy atom. The van der Waals surface area contributed by atoms with Crippen LogP contribution >= 0.6 is 0 Å². The van der Waals surface area contributed by atoms with Crippen molar-refractivity contribution in [3.05, 3.63) is 17.9 Å². The summed E-state index contributed by atoms with van der Waals surface area (Å²) in [6.45, 7) is 0.993. The Morgan fingerprint density at radius 3 is 2.62 bits per heavy atom. The number of ether oxygens (including phenoxy) is 1. The van der Waals surface area contributed by atoms with E-state index in [1.54, 1.807) is 0 Å². The first-order valence-corrected chi connectivity index (χ1v) is 6.18. The van der Waals surface area contributed by atoms with Gasteiger partial charge in [-0.1, -0.05) is 0 Å². The highest BCUT2D eigenvalue weighted by Gasteiger charge is 2.32. The van der Waals surface area contributed by atoms with Crippen LogP contribution in [0.2, 0.25) is 0 Å². The minimum absolute atomic E-state index is 0.110. The molecule has 1 aromatic heterocycles. The van der Waals surface area contributed by atoms with Gasteiger partial charge in [0.15, 0.2) is 0 Å². The zero-order valence-corrected chi connectivity index (χ0v) is 9.49. The maximum atomic E-state index is 11.8. The molecule has 0 aliphatic carbocycles. The lowest BCUT2D eigenvalue weighted by molar-refractivity contribution is 0.0558. The topological polar surface area (TPSA) is 76.8 Å². The number of carbonyl (C=O) groups is 1. The SMILES string of the molecule is COC(=O)c1ccc(S(=O)(=O)N2CCC2)o1. The van der Waals surface area contributed by atoms with Crippen LogP contribution in [-0.2, 0) is 14.8 Å². The minimum atomic E-state index is -3.56. The van der Waals surface area contributed by atoms with Crippen molar-refractivity contribution in [2.45, 2.75) is 11.5 Å². The first kappa shape index (κ1) is 11.2. The van der Waals surface area contributed by atoms with Gasteiger partial charge >= 0.3 is 5.97 Å². The van der Waals surface area contributed by atoms with E-state index in [4.69, 9.17) is 4.42 Å². The molecule has 0 N–H and O–H groups in total. The highest BCUT2D eigenvalue weighted by molar-refractivity contribution is 7.89. The van der Waals surface area contributed by atoms with Crippen LogP contribution in [0.4, 0.5) is 0 Å². The molecule has 7 heteroatoms. The van der Waals surface area contributed by atoms with E-state index < -0.39 is 16.0 Å². The fourth-order valence-corrected chi connectivity index (χ4v) is 2.75.